The molecule has 0 aliphatic carbocycles. The molecule has 0 aliphatic heterocycles. The molecule has 2 N–H and O–H groups in total. The summed E-state index contributed by atoms with van der Waals surface area (Å²) in [6, 6.07) is 7.71. The van der Waals surface area contributed by atoms with Crippen molar-refractivity contribution >= 4 is 17.3 Å². The van der Waals surface area contributed by atoms with E-state index in [0.29, 0.717) is 6.61 Å². The van der Waals surface area contributed by atoms with Crippen molar-refractivity contribution < 1.29 is 9.47 Å². The average molecular weight is 273 g/mol. The number of para-hydroxylation sites is 1. The van der Waals surface area contributed by atoms with E-state index in [-0.39, 0.29) is 6.10 Å². The SMILES string of the molecule is COCC(CNCCNc1ccccc1Cl)OC. The standard InChI is InChI=1S/C13H21ClN2O2/c1-17-10-11(18-2)9-15-7-8-16-13-6-4-3-5-12(13)14/h3-6,11,15-16H,7-10H2,1-2H3. The number of halogens is 1. The zero-order valence-electron chi connectivity index (χ0n) is 10.9. The maximum absolute atomic E-state index is 6.03. The molecule has 0 aromatic heterocycles. The highest BCUT2D eigenvalue weighted by atomic mass is 35.5. The summed E-state index contributed by atoms with van der Waals surface area (Å²) in [4.78, 5) is 0. The third kappa shape index (κ3) is 5.69. The molecule has 1 rings (SSSR count). The van der Waals surface area contributed by atoms with E-state index in [4.69, 9.17) is 21.1 Å². The molecule has 0 radical (unpaired) electrons. The van der Waals surface area contributed by atoms with E-state index in [1.807, 2.05) is 24.3 Å². The molecule has 4 nitrogen and oxygen atoms in total. The number of rotatable bonds is 9. The molecule has 102 valence electrons. The Morgan fingerprint density at radius 1 is 1.22 bits per heavy atom. The summed E-state index contributed by atoms with van der Waals surface area (Å²) >= 11 is 6.03. The van der Waals surface area contributed by atoms with Gasteiger partial charge in [0.25, 0.3) is 0 Å². The first-order valence-corrected chi connectivity index (χ1v) is 6.36. The fraction of sp³-hybridized carbons (Fsp3) is 0.538. The molecule has 0 aliphatic rings. The van der Waals surface area contributed by atoms with Gasteiger partial charge in [-0.1, -0.05) is 23.7 Å². The number of hydrogen-bond donors (Lipinski definition) is 2. The molecular weight excluding hydrogens is 252 g/mol. The van der Waals surface area contributed by atoms with Crippen LogP contribution in [0.2, 0.25) is 5.02 Å². The molecule has 0 saturated heterocycles. The molecule has 1 atom stereocenters. The van der Waals surface area contributed by atoms with Crippen LogP contribution in [-0.2, 0) is 9.47 Å². The Bertz CT molecular complexity index is 337. The minimum absolute atomic E-state index is 0.0929. The second-order valence-electron chi connectivity index (χ2n) is 3.92. The molecule has 0 fully saturated rings. The summed E-state index contributed by atoms with van der Waals surface area (Å²) in [5, 5.41) is 7.31. The predicted octanol–water partition coefficient (Wildman–Crippen LogP) is 2.00. The molecule has 5 heteroatoms. The van der Waals surface area contributed by atoms with Crippen molar-refractivity contribution in [2.75, 3.05) is 45.8 Å². The fourth-order valence-electron chi connectivity index (χ4n) is 1.55. The summed E-state index contributed by atoms with van der Waals surface area (Å²) in [5.41, 5.74) is 0.959. The zero-order chi connectivity index (χ0) is 13.2. The summed E-state index contributed by atoms with van der Waals surface area (Å²) in [5.74, 6) is 0. The molecule has 0 heterocycles. The van der Waals surface area contributed by atoms with Crippen LogP contribution in [0.25, 0.3) is 0 Å². The molecule has 1 unspecified atom stereocenters. The number of methoxy groups -OCH3 is 2. The molecule has 0 amide bonds. The Labute approximate surface area is 114 Å². The van der Waals surface area contributed by atoms with Crippen LogP contribution in [-0.4, -0.2) is 46.6 Å². The van der Waals surface area contributed by atoms with Gasteiger partial charge in [-0.25, -0.2) is 0 Å². The lowest BCUT2D eigenvalue weighted by Gasteiger charge is -2.15. The van der Waals surface area contributed by atoms with Crippen LogP contribution >= 0.6 is 11.6 Å². The molecule has 0 spiro atoms. The van der Waals surface area contributed by atoms with E-state index in [2.05, 4.69) is 10.6 Å². The second-order valence-corrected chi connectivity index (χ2v) is 4.33. The van der Waals surface area contributed by atoms with Crippen molar-refractivity contribution in [3.63, 3.8) is 0 Å². The van der Waals surface area contributed by atoms with Crippen molar-refractivity contribution in [1.82, 2.24) is 5.32 Å². The van der Waals surface area contributed by atoms with Crippen LogP contribution in [0, 0.1) is 0 Å². The van der Waals surface area contributed by atoms with Crippen LogP contribution in [0.1, 0.15) is 0 Å². The van der Waals surface area contributed by atoms with Gasteiger partial charge in [-0.3, -0.25) is 0 Å². The van der Waals surface area contributed by atoms with Gasteiger partial charge in [-0.2, -0.15) is 0 Å². The van der Waals surface area contributed by atoms with Gasteiger partial charge in [-0.15, -0.1) is 0 Å². The number of benzene rings is 1. The van der Waals surface area contributed by atoms with E-state index in [1.54, 1.807) is 14.2 Å². The van der Waals surface area contributed by atoms with Gasteiger partial charge in [0.2, 0.25) is 0 Å². The van der Waals surface area contributed by atoms with Crippen molar-refractivity contribution in [2.45, 2.75) is 6.10 Å². The zero-order valence-corrected chi connectivity index (χ0v) is 11.7. The Balaban J connectivity index is 2.13. The van der Waals surface area contributed by atoms with Gasteiger partial charge in [0, 0.05) is 33.9 Å². The van der Waals surface area contributed by atoms with Gasteiger partial charge < -0.3 is 20.1 Å². The lowest BCUT2D eigenvalue weighted by Crippen LogP contribution is -2.34. The van der Waals surface area contributed by atoms with E-state index in [9.17, 15) is 0 Å². The first-order chi connectivity index (χ1) is 8.77. The van der Waals surface area contributed by atoms with E-state index in [0.717, 1.165) is 30.3 Å². The van der Waals surface area contributed by atoms with E-state index >= 15 is 0 Å². The van der Waals surface area contributed by atoms with Gasteiger partial charge >= 0.3 is 0 Å². The maximum atomic E-state index is 6.03. The topological polar surface area (TPSA) is 42.5 Å². The molecule has 0 bridgehead atoms. The predicted molar refractivity (Wildman–Crippen MR) is 75.5 cm³/mol. The summed E-state index contributed by atoms with van der Waals surface area (Å²) in [7, 11) is 3.36. The highest BCUT2D eigenvalue weighted by Gasteiger charge is 2.05. The van der Waals surface area contributed by atoms with Crippen LogP contribution in [0.5, 0.6) is 0 Å². The summed E-state index contributed by atoms with van der Waals surface area (Å²) in [6.07, 6.45) is 0.0929. The van der Waals surface area contributed by atoms with Crippen molar-refractivity contribution in [3.05, 3.63) is 29.3 Å². The lowest BCUT2D eigenvalue weighted by atomic mass is 10.3. The minimum atomic E-state index is 0.0929. The Morgan fingerprint density at radius 3 is 2.67 bits per heavy atom. The first kappa shape index (κ1) is 15.2. The smallest absolute Gasteiger partial charge is 0.0928 e. The maximum Gasteiger partial charge on any atom is 0.0928 e. The molecule has 0 saturated carbocycles. The quantitative estimate of drug-likeness (QED) is 0.675. The summed E-state index contributed by atoms with van der Waals surface area (Å²) < 4.78 is 10.3. The highest BCUT2D eigenvalue weighted by molar-refractivity contribution is 6.33. The Kier molecular flexibility index (Phi) is 7.76. The minimum Gasteiger partial charge on any atom is -0.383 e. The fourth-order valence-corrected chi connectivity index (χ4v) is 1.75. The molecule has 18 heavy (non-hydrogen) atoms. The van der Waals surface area contributed by atoms with Gasteiger partial charge in [0.05, 0.1) is 23.4 Å². The lowest BCUT2D eigenvalue weighted by molar-refractivity contribution is 0.0292. The number of anilines is 1. The van der Waals surface area contributed by atoms with Crippen LogP contribution in [0.3, 0.4) is 0 Å². The third-order valence-corrected chi connectivity index (χ3v) is 2.88. The molecular formula is C13H21ClN2O2. The number of hydrogen-bond acceptors (Lipinski definition) is 4. The number of ether oxygens (including phenoxy) is 2. The second kappa shape index (κ2) is 9.16. The third-order valence-electron chi connectivity index (χ3n) is 2.55. The Morgan fingerprint density at radius 2 is 2.00 bits per heavy atom. The molecule has 1 aromatic rings. The van der Waals surface area contributed by atoms with Crippen molar-refractivity contribution in [1.29, 1.82) is 0 Å². The van der Waals surface area contributed by atoms with E-state index < -0.39 is 0 Å². The average Bonchev–Trinajstić information content (AvgIpc) is 2.39. The largest absolute Gasteiger partial charge is 0.383 e. The summed E-state index contributed by atoms with van der Waals surface area (Å²) in [6.45, 7) is 3.03. The highest BCUT2D eigenvalue weighted by Crippen LogP contribution is 2.19. The monoisotopic (exact) mass is 272 g/mol. The van der Waals surface area contributed by atoms with Crippen molar-refractivity contribution in [3.8, 4) is 0 Å². The molecule has 1 aromatic carbocycles. The van der Waals surface area contributed by atoms with Crippen LogP contribution in [0.15, 0.2) is 24.3 Å². The first-order valence-electron chi connectivity index (χ1n) is 5.98. The van der Waals surface area contributed by atoms with E-state index in [1.165, 1.54) is 0 Å². The van der Waals surface area contributed by atoms with Crippen LogP contribution < -0.4 is 10.6 Å². The van der Waals surface area contributed by atoms with Crippen LogP contribution in [0.4, 0.5) is 5.69 Å². The van der Waals surface area contributed by atoms with Gasteiger partial charge in [0.1, 0.15) is 0 Å². The normalized spacial score (nSPS) is 12.4. The van der Waals surface area contributed by atoms with Crippen molar-refractivity contribution in [2.24, 2.45) is 0 Å². The Hall–Kier alpha value is -0.810. The van der Waals surface area contributed by atoms with Gasteiger partial charge in [-0.05, 0) is 12.1 Å². The number of nitrogens with one attached hydrogen (secondary N) is 2. The van der Waals surface area contributed by atoms with Gasteiger partial charge in [0.15, 0.2) is 0 Å².